The zero-order chi connectivity index (χ0) is 12.8. The number of rotatable bonds is 4. The zero-order valence-electron chi connectivity index (χ0n) is 11.4. The van der Waals surface area contributed by atoms with E-state index in [-0.39, 0.29) is 0 Å². The minimum Gasteiger partial charge on any atom is -0.396 e. The lowest BCUT2D eigenvalue weighted by Crippen LogP contribution is -2.19. The van der Waals surface area contributed by atoms with E-state index in [0.29, 0.717) is 36.9 Å². The van der Waals surface area contributed by atoms with Crippen molar-refractivity contribution in [3.8, 4) is 0 Å². The molecule has 4 unspecified atom stereocenters. The first kappa shape index (κ1) is 14.1. The van der Waals surface area contributed by atoms with E-state index < -0.39 is 0 Å². The quantitative estimate of drug-likeness (QED) is 0.755. The van der Waals surface area contributed by atoms with Gasteiger partial charge in [-0.3, -0.25) is 0 Å². The van der Waals surface area contributed by atoms with E-state index in [9.17, 15) is 10.2 Å². The van der Waals surface area contributed by atoms with Gasteiger partial charge in [0.1, 0.15) is 0 Å². The normalized spacial score (nSPS) is 38.1. The molecule has 2 fully saturated rings. The molecule has 2 heteroatoms. The minimum atomic E-state index is 0.361. The van der Waals surface area contributed by atoms with Crippen molar-refractivity contribution >= 4 is 0 Å². The van der Waals surface area contributed by atoms with Crippen molar-refractivity contribution in [3.05, 3.63) is 12.2 Å². The Labute approximate surface area is 111 Å². The summed E-state index contributed by atoms with van der Waals surface area (Å²) in [5.74, 6) is 2.44. The molecule has 0 amide bonds. The van der Waals surface area contributed by atoms with Crippen LogP contribution in [0.15, 0.2) is 12.2 Å². The monoisotopic (exact) mass is 252 g/mol. The average Bonchev–Trinajstić information content (AvgIpc) is 2.45. The molecule has 104 valence electrons. The minimum absolute atomic E-state index is 0.361. The Hall–Kier alpha value is -0.340. The first-order valence-corrected chi connectivity index (χ1v) is 7.71. The standard InChI is InChI=1S/C16H28O2/c17-11-15-5-1-3-13(9-15)7-8-14-4-2-6-16(10-14)12-18/h7-8,13-18H,1-6,9-12H2. The molecule has 0 bridgehead atoms. The molecule has 2 aliphatic rings. The third-order valence-electron chi connectivity index (χ3n) is 4.82. The fourth-order valence-corrected chi connectivity index (χ4v) is 3.66. The SMILES string of the molecule is OCC1CCCC(C=CC2CCCC(CO)C2)C1. The van der Waals surface area contributed by atoms with Crippen LogP contribution >= 0.6 is 0 Å². The van der Waals surface area contributed by atoms with Gasteiger partial charge < -0.3 is 10.2 Å². The number of allylic oxidation sites excluding steroid dienone is 2. The largest absolute Gasteiger partial charge is 0.396 e. The van der Waals surface area contributed by atoms with Gasteiger partial charge in [-0.1, -0.05) is 25.0 Å². The predicted molar refractivity (Wildman–Crippen MR) is 74.2 cm³/mol. The van der Waals surface area contributed by atoms with Crippen molar-refractivity contribution in [1.29, 1.82) is 0 Å². The van der Waals surface area contributed by atoms with Crippen molar-refractivity contribution in [1.82, 2.24) is 0 Å². The third-order valence-corrected chi connectivity index (χ3v) is 4.82. The molecule has 0 heterocycles. The third kappa shape index (κ3) is 4.10. The fraction of sp³-hybridized carbons (Fsp3) is 0.875. The van der Waals surface area contributed by atoms with Crippen molar-refractivity contribution in [2.24, 2.45) is 23.7 Å². The van der Waals surface area contributed by atoms with Crippen LogP contribution in [-0.4, -0.2) is 23.4 Å². The molecule has 2 rings (SSSR count). The Morgan fingerprint density at radius 2 is 1.17 bits per heavy atom. The molecule has 2 N–H and O–H groups in total. The first-order chi connectivity index (χ1) is 8.81. The Bertz CT molecular complexity index is 236. The maximum Gasteiger partial charge on any atom is 0.0459 e. The molecule has 2 saturated carbocycles. The summed E-state index contributed by atoms with van der Waals surface area (Å²) < 4.78 is 0. The van der Waals surface area contributed by atoms with E-state index in [4.69, 9.17) is 0 Å². The highest BCUT2D eigenvalue weighted by Gasteiger charge is 2.22. The zero-order valence-corrected chi connectivity index (χ0v) is 11.4. The van der Waals surface area contributed by atoms with Gasteiger partial charge in [0.25, 0.3) is 0 Å². The van der Waals surface area contributed by atoms with E-state index in [0.717, 1.165) is 0 Å². The van der Waals surface area contributed by atoms with E-state index in [1.807, 2.05) is 0 Å². The summed E-state index contributed by atoms with van der Waals surface area (Å²) in [7, 11) is 0. The Morgan fingerprint density at radius 3 is 1.56 bits per heavy atom. The summed E-state index contributed by atoms with van der Waals surface area (Å²) in [6.07, 6.45) is 14.7. The maximum absolute atomic E-state index is 9.24. The average molecular weight is 252 g/mol. The predicted octanol–water partition coefficient (Wildman–Crippen LogP) is 3.14. The Kier molecular flexibility index (Phi) is 5.71. The summed E-state index contributed by atoms with van der Waals surface area (Å²) in [5, 5.41) is 18.5. The summed E-state index contributed by atoms with van der Waals surface area (Å²) in [4.78, 5) is 0. The lowest BCUT2D eigenvalue weighted by molar-refractivity contribution is 0.169. The number of hydrogen-bond donors (Lipinski definition) is 2. The summed E-state index contributed by atoms with van der Waals surface area (Å²) >= 11 is 0. The first-order valence-electron chi connectivity index (χ1n) is 7.71. The maximum atomic E-state index is 9.24. The molecular formula is C16H28O2. The van der Waals surface area contributed by atoms with Crippen molar-refractivity contribution in [2.45, 2.75) is 51.4 Å². The van der Waals surface area contributed by atoms with Gasteiger partial charge in [0, 0.05) is 13.2 Å². The van der Waals surface area contributed by atoms with Gasteiger partial charge in [-0.2, -0.15) is 0 Å². The van der Waals surface area contributed by atoms with Gasteiger partial charge >= 0.3 is 0 Å². The van der Waals surface area contributed by atoms with Crippen LogP contribution in [0, 0.1) is 23.7 Å². The molecule has 2 nitrogen and oxygen atoms in total. The van der Waals surface area contributed by atoms with Crippen LogP contribution in [0.5, 0.6) is 0 Å². The molecular weight excluding hydrogens is 224 g/mol. The van der Waals surface area contributed by atoms with Gasteiger partial charge in [-0.25, -0.2) is 0 Å². The van der Waals surface area contributed by atoms with Crippen LogP contribution in [0.1, 0.15) is 51.4 Å². The van der Waals surface area contributed by atoms with Crippen LogP contribution in [0.3, 0.4) is 0 Å². The van der Waals surface area contributed by atoms with E-state index >= 15 is 0 Å². The van der Waals surface area contributed by atoms with Gasteiger partial charge in [0.05, 0.1) is 0 Å². The number of aliphatic hydroxyl groups excluding tert-OH is 2. The highest BCUT2D eigenvalue weighted by Crippen LogP contribution is 2.33. The Balaban J connectivity index is 1.78. The van der Waals surface area contributed by atoms with Crippen LogP contribution in [0.4, 0.5) is 0 Å². The molecule has 0 aliphatic heterocycles. The number of aliphatic hydroxyl groups is 2. The van der Waals surface area contributed by atoms with Crippen molar-refractivity contribution in [2.75, 3.05) is 13.2 Å². The van der Waals surface area contributed by atoms with Crippen molar-refractivity contribution in [3.63, 3.8) is 0 Å². The molecule has 18 heavy (non-hydrogen) atoms. The molecule has 4 atom stereocenters. The lowest BCUT2D eigenvalue weighted by Gasteiger charge is -2.28. The van der Waals surface area contributed by atoms with Gasteiger partial charge in [0.2, 0.25) is 0 Å². The summed E-state index contributed by atoms with van der Waals surface area (Å²) in [5.41, 5.74) is 0. The lowest BCUT2D eigenvalue weighted by atomic mass is 9.78. The second-order valence-electron chi connectivity index (χ2n) is 6.34. The molecule has 0 aromatic rings. The van der Waals surface area contributed by atoms with E-state index in [2.05, 4.69) is 12.2 Å². The van der Waals surface area contributed by atoms with E-state index in [1.54, 1.807) is 0 Å². The van der Waals surface area contributed by atoms with Crippen LogP contribution < -0.4 is 0 Å². The summed E-state index contributed by atoms with van der Waals surface area (Å²) in [6.45, 7) is 0.723. The van der Waals surface area contributed by atoms with Crippen LogP contribution in [0.2, 0.25) is 0 Å². The smallest absolute Gasteiger partial charge is 0.0459 e. The molecule has 0 spiro atoms. The van der Waals surface area contributed by atoms with Gasteiger partial charge in [-0.05, 0) is 62.2 Å². The summed E-state index contributed by atoms with van der Waals surface area (Å²) in [6, 6.07) is 0. The second-order valence-corrected chi connectivity index (χ2v) is 6.34. The van der Waals surface area contributed by atoms with E-state index in [1.165, 1.54) is 51.4 Å². The van der Waals surface area contributed by atoms with Gasteiger partial charge in [-0.15, -0.1) is 0 Å². The molecule has 0 aromatic carbocycles. The highest BCUT2D eigenvalue weighted by molar-refractivity contribution is 4.96. The van der Waals surface area contributed by atoms with Gasteiger partial charge in [0.15, 0.2) is 0 Å². The van der Waals surface area contributed by atoms with Crippen LogP contribution in [0.25, 0.3) is 0 Å². The topological polar surface area (TPSA) is 40.5 Å². The highest BCUT2D eigenvalue weighted by atomic mass is 16.3. The fourth-order valence-electron chi connectivity index (χ4n) is 3.66. The van der Waals surface area contributed by atoms with Crippen molar-refractivity contribution < 1.29 is 10.2 Å². The number of hydrogen-bond acceptors (Lipinski definition) is 2. The van der Waals surface area contributed by atoms with Crippen LogP contribution in [-0.2, 0) is 0 Å². The molecule has 0 saturated heterocycles. The molecule has 0 radical (unpaired) electrons. The second kappa shape index (κ2) is 7.30. The molecule has 2 aliphatic carbocycles. The Morgan fingerprint density at radius 1 is 0.722 bits per heavy atom. The molecule has 0 aromatic heterocycles.